The lowest BCUT2D eigenvalue weighted by Crippen LogP contribution is -2.25. The molecule has 0 aromatic heterocycles. The summed E-state index contributed by atoms with van der Waals surface area (Å²) in [7, 11) is -3.43. The van der Waals surface area contributed by atoms with E-state index in [4.69, 9.17) is 4.18 Å². The van der Waals surface area contributed by atoms with Gasteiger partial charge >= 0.3 is 0 Å². The van der Waals surface area contributed by atoms with Crippen LogP contribution in [0.4, 0.5) is 4.39 Å². The monoisotopic (exact) mass is 244 g/mol. The first-order chi connectivity index (χ1) is 7.46. The fraction of sp³-hybridized carbons (Fsp3) is 0.455. The topological polar surface area (TPSA) is 43.4 Å². The molecule has 1 aliphatic carbocycles. The van der Waals surface area contributed by atoms with Crippen LogP contribution >= 0.6 is 0 Å². The van der Waals surface area contributed by atoms with Crippen LogP contribution in [0.1, 0.15) is 17.5 Å². The van der Waals surface area contributed by atoms with Crippen LogP contribution in [0.25, 0.3) is 0 Å². The molecular formula is C11H13FO3S. The summed E-state index contributed by atoms with van der Waals surface area (Å²) in [5.74, 6) is -0.213. The van der Waals surface area contributed by atoms with Gasteiger partial charge in [-0.3, -0.25) is 4.18 Å². The highest BCUT2D eigenvalue weighted by molar-refractivity contribution is 7.86. The Balaban J connectivity index is 2.19. The average Bonchev–Trinajstić information content (AvgIpc) is 2.15. The van der Waals surface area contributed by atoms with Gasteiger partial charge in [0.25, 0.3) is 10.1 Å². The van der Waals surface area contributed by atoms with E-state index in [-0.39, 0.29) is 11.9 Å². The van der Waals surface area contributed by atoms with Crippen LogP contribution in [-0.2, 0) is 27.1 Å². The third-order valence-corrected chi connectivity index (χ3v) is 3.31. The normalized spacial score (nSPS) is 20.5. The van der Waals surface area contributed by atoms with Crippen molar-refractivity contribution in [2.45, 2.75) is 25.4 Å². The van der Waals surface area contributed by atoms with Crippen LogP contribution in [-0.4, -0.2) is 20.8 Å². The molecule has 0 bridgehead atoms. The first-order valence-corrected chi connectivity index (χ1v) is 6.92. The van der Waals surface area contributed by atoms with Gasteiger partial charge in [0.1, 0.15) is 5.82 Å². The van der Waals surface area contributed by atoms with Gasteiger partial charge in [0.05, 0.1) is 12.4 Å². The molecule has 0 spiro atoms. The minimum Gasteiger partial charge on any atom is -0.267 e. The summed E-state index contributed by atoms with van der Waals surface area (Å²) in [5, 5.41) is 0. The minimum absolute atomic E-state index is 0.213. The molecule has 1 aromatic carbocycles. The molecule has 0 heterocycles. The predicted octanol–water partition coefficient (Wildman–Crippen LogP) is 1.66. The third kappa shape index (κ3) is 2.59. The summed E-state index contributed by atoms with van der Waals surface area (Å²) in [6, 6.07) is 4.88. The Bertz CT molecular complexity index is 496. The largest absolute Gasteiger partial charge is 0.267 e. The van der Waals surface area contributed by atoms with Gasteiger partial charge in [0.15, 0.2) is 0 Å². The van der Waals surface area contributed by atoms with Crippen molar-refractivity contribution in [2.24, 2.45) is 0 Å². The van der Waals surface area contributed by atoms with Crippen molar-refractivity contribution in [3.05, 3.63) is 35.1 Å². The maximum absolute atomic E-state index is 13.4. The van der Waals surface area contributed by atoms with Crippen LogP contribution in [0.2, 0.25) is 0 Å². The molecule has 5 heteroatoms. The smallest absolute Gasteiger partial charge is 0.264 e. The van der Waals surface area contributed by atoms with Crippen molar-refractivity contribution < 1.29 is 17.0 Å². The summed E-state index contributed by atoms with van der Waals surface area (Å²) in [5.41, 5.74) is 1.54. The third-order valence-electron chi connectivity index (χ3n) is 2.69. The van der Waals surface area contributed by atoms with Crippen LogP contribution in [0.5, 0.6) is 0 Å². The molecule has 16 heavy (non-hydrogen) atoms. The van der Waals surface area contributed by atoms with Gasteiger partial charge in [-0.25, -0.2) is 4.39 Å². The van der Waals surface area contributed by atoms with Crippen molar-refractivity contribution in [3.8, 4) is 0 Å². The first kappa shape index (κ1) is 11.5. The highest BCUT2D eigenvalue weighted by Gasteiger charge is 2.24. The number of halogens is 1. The molecule has 2 rings (SSSR count). The van der Waals surface area contributed by atoms with Crippen molar-refractivity contribution >= 4 is 10.1 Å². The Labute approximate surface area is 94.4 Å². The molecule has 0 unspecified atom stereocenters. The van der Waals surface area contributed by atoms with E-state index in [2.05, 4.69) is 0 Å². The fourth-order valence-electron chi connectivity index (χ4n) is 2.06. The molecule has 0 fully saturated rings. The predicted molar refractivity (Wildman–Crippen MR) is 58.1 cm³/mol. The van der Waals surface area contributed by atoms with Gasteiger partial charge in [0.2, 0.25) is 0 Å². The molecule has 0 amide bonds. The van der Waals surface area contributed by atoms with E-state index in [9.17, 15) is 12.8 Å². The molecule has 0 saturated heterocycles. The highest BCUT2D eigenvalue weighted by Crippen LogP contribution is 2.25. The second-order valence-electron chi connectivity index (χ2n) is 4.04. The maximum atomic E-state index is 13.4. The molecular weight excluding hydrogens is 231 g/mol. The Morgan fingerprint density at radius 2 is 2.19 bits per heavy atom. The zero-order valence-electron chi connectivity index (χ0n) is 8.94. The number of fused-ring (bicyclic) bond motifs is 1. The van der Waals surface area contributed by atoms with Crippen molar-refractivity contribution in [1.82, 2.24) is 0 Å². The summed E-state index contributed by atoms with van der Waals surface area (Å²) in [6.45, 7) is 0. The lowest BCUT2D eigenvalue weighted by molar-refractivity contribution is 0.193. The Hall–Kier alpha value is -0.940. The Morgan fingerprint density at radius 3 is 2.88 bits per heavy atom. The van der Waals surface area contributed by atoms with E-state index < -0.39 is 10.1 Å². The zero-order valence-corrected chi connectivity index (χ0v) is 9.76. The maximum Gasteiger partial charge on any atom is 0.264 e. The number of rotatable bonds is 2. The molecule has 88 valence electrons. The molecule has 1 aromatic rings. The second kappa shape index (κ2) is 4.14. The van der Waals surface area contributed by atoms with Crippen molar-refractivity contribution in [3.63, 3.8) is 0 Å². The van der Waals surface area contributed by atoms with Gasteiger partial charge in [0, 0.05) is 6.42 Å². The van der Waals surface area contributed by atoms with Crippen LogP contribution in [0.3, 0.4) is 0 Å². The first-order valence-electron chi connectivity index (χ1n) is 5.10. The molecule has 1 aliphatic rings. The summed E-state index contributed by atoms with van der Waals surface area (Å²) < 4.78 is 40.3. The fourth-order valence-corrected chi connectivity index (χ4v) is 2.72. The summed E-state index contributed by atoms with van der Waals surface area (Å²) in [4.78, 5) is 0. The lowest BCUT2D eigenvalue weighted by atomic mass is 9.89. The van der Waals surface area contributed by atoms with Gasteiger partial charge < -0.3 is 0 Å². The van der Waals surface area contributed by atoms with Crippen LogP contribution < -0.4 is 0 Å². The molecule has 0 radical (unpaired) electrons. The van der Waals surface area contributed by atoms with E-state index in [0.717, 1.165) is 11.8 Å². The van der Waals surface area contributed by atoms with Crippen LogP contribution in [0, 0.1) is 5.82 Å². The zero-order chi connectivity index (χ0) is 11.8. The van der Waals surface area contributed by atoms with Crippen LogP contribution in [0.15, 0.2) is 18.2 Å². The van der Waals surface area contributed by atoms with Gasteiger partial charge in [-0.15, -0.1) is 0 Å². The molecule has 1 atom stereocenters. The summed E-state index contributed by atoms with van der Waals surface area (Å²) >= 11 is 0. The summed E-state index contributed by atoms with van der Waals surface area (Å²) in [6.07, 6.45) is 2.21. The molecule has 0 N–H and O–H groups in total. The Morgan fingerprint density at radius 1 is 1.44 bits per heavy atom. The molecule has 0 aliphatic heterocycles. The van der Waals surface area contributed by atoms with Crippen molar-refractivity contribution in [1.29, 1.82) is 0 Å². The number of hydrogen-bond donors (Lipinski definition) is 0. The van der Waals surface area contributed by atoms with Gasteiger partial charge in [-0.1, -0.05) is 12.1 Å². The van der Waals surface area contributed by atoms with Gasteiger partial charge in [-0.2, -0.15) is 8.42 Å². The number of hydrogen-bond acceptors (Lipinski definition) is 3. The molecule has 0 saturated carbocycles. The number of benzene rings is 1. The van der Waals surface area contributed by atoms with Gasteiger partial charge in [-0.05, 0) is 30.0 Å². The quantitative estimate of drug-likeness (QED) is 0.743. The standard InChI is InChI=1S/C11H13FO3S/c1-16(13,14)15-9-5-6-10-8(7-9)3-2-4-11(10)12/h2-4,9H,5-7H2,1H3/t9-/m1/s1. The highest BCUT2D eigenvalue weighted by atomic mass is 32.2. The average molecular weight is 244 g/mol. The van der Waals surface area contributed by atoms with E-state index in [1.807, 2.05) is 6.07 Å². The van der Waals surface area contributed by atoms with E-state index in [1.54, 1.807) is 6.07 Å². The van der Waals surface area contributed by atoms with E-state index >= 15 is 0 Å². The lowest BCUT2D eigenvalue weighted by Gasteiger charge is -2.23. The minimum atomic E-state index is -3.43. The van der Waals surface area contributed by atoms with Crippen molar-refractivity contribution in [2.75, 3.05) is 6.26 Å². The SMILES string of the molecule is CS(=O)(=O)O[C@@H]1CCc2c(F)cccc2C1. The van der Waals surface area contributed by atoms with E-state index in [1.165, 1.54) is 6.07 Å². The van der Waals surface area contributed by atoms with E-state index in [0.29, 0.717) is 24.8 Å². The molecule has 3 nitrogen and oxygen atoms in total. The Kier molecular flexibility index (Phi) is 2.99. The second-order valence-corrected chi connectivity index (χ2v) is 5.64.